The number of aromatic nitrogens is 2. The molecule has 0 radical (unpaired) electrons. The minimum atomic E-state index is 0.358. The van der Waals surface area contributed by atoms with Crippen LogP contribution in [0.5, 0.6) is 5.75 Å². The third-order valence-corrected chi connectivity index (χ3v) is 2.40. The Morgan fingerprint density at radius 3 is 2.69 bits per heavy atom. The maximum absolute atomic E-state index is 5.93. The topological polar surface area (TPSA) is 74.2 Å². The lowest BCUT2D eigenvalue weighted by Crippen LogP contribution is -1.93. The molecule has 16 heavy (non-hydrogen) atoms. The molecule has 1 heterocycles. The van der Waals surface area contributed by atoms with E-state index in [1.165, 1.54) is 7.11 Å². The smallest absolute Gasteiger partial charge is 0.251 e. The van der Waals surface area contributed by atoms with E-state index < -0.39 is 0 Å². The Morgan fingerprint density at radius 1 is 1.38 bits per heavy atom. The van der Waals surface area contributed by atoms with E-state index in [0.29, 0.717) is 33.8 Å². The second kappa shape index (κ2) is 4.02. The fraction of sp³-hybridized carbons (Fsp3) is 0.200. The average molecular weight is 240 g/mol. The van der Waals surface area contributed by atoms with Gasteiger partial charge in [-0.25, -0.2) is 0 Å². The number of rotatable bonds is 2. The number of ether oxygens (including phenoxy) is 1. The van der Waals surface area contributed by atoms with E-state index in [1.54, 1.807) is 19.1 Å². The van der Waals surface area contributed by atoms with Gasteiger partial charge >= 0.3 is 0 Å². The zero-order valence-electron chi connectivity index (χ0n) is 8.82. The summed E-state index contributed by atoms with van der Waals surface area (Å²) in [6, 6.07) is 3.26. The maximum atomic E-state index is 5.93. The number of benzene rings is 1. The van der Waals surface area contributed by atoms with Gasteiger partial charge in [-0.1, -0.05) is 11.6 Å². The van der Waals surface area contributed by atoms with Gasteiger partial charge in [0, 0.05) is 13.0 Å². The van der Waals surface area contributed by atoms with Gasteiger partial charge in [0.2, 0.25) is 5.89 Å². The predicted octanol–water partition coefficient (Wildman–Crippen LogP) is 2.29. The Balaban J connectivity index is 2.59. The molecule has 5 nitrogen and oxygen atoms in total. The lowest BCUT2D eigenvalue weighted by atomic mass is 10.2. The Bertz CT molecular complexity index is 525. The first-order valence-corrected chi connectivity index (χ1v) is 4.93. The van der Waals surface area contributed by atoms with Gasteiger partial charge in [-0.3, -0.25) is 0 Å². The summed E-state index contributed by atoms with van der Waals surface area (Å²) in [6.07, 6.45) is 0. The van der Waals surface area contributed by atoms with E-state index in [-0.39, 0.29) is 0 Å². The van der Waals surface area contributed by atoms with Crippen LogP contribution < -0.4 is 10.5 Å². The monoisotopic (exact) mass is 239 g/mol. The van der Waals surface area contributed by atoms with Crippen molar-refractivity contribution in [1.82, 2.24) is 10.2 Å². The van der Waals surface area contributed by atoms with Crippen LogP contribution in [0.15, 0.2) is 16.5 Å². The Hall–Kier alpha value is -1.75. The van der Waals surface area contributed by atoms with E-state index in [9.17, 15) is 0 Å². The van der Waals surface area contributed by atoms with Crippen LogP contribution in [0.2, 0.25) is 5.02 Å². The third-order valence-electron chi connectivity index (χ3n) is 2.08. The van der Waals surface area contributed by atoms with Crippen molar-refractivity contribution < 1.29 is 9.15 Å². The second-order valence-electron chi connectivity index (χ2n) is 3.20. The number of hydrogen-bond acceptors (Lipinski definition) is 5. The maximum Gasteiger partial charge on any atom is 0.251 e. The summed E-state index contributed by atoms with van der Waals surface area (Å²) in [7, 11) is 1.54. The summed E-state index contributed by atoms with van der Waals surface area (Å²) in [5.74, 6) is 1.38. The summed E-state index contributed by atoms with van der Waals surface area (Å²) < 4.78 is 10.5. The Kier molecular flexibility index (Phi) is 2.70. The van der Waals surface area contributed by atoms with Gasteiger partial charge < -0.3 is 14.9 Å². The Labute approximate surface area is 97.2 Å². The first kappa shape index (κ1) is 10.8. The van der Waals surface area contributed by atoms with E-state index in [0.717, 1.165) is 0 Å². The SMILES string of the molecule is COc1cc(N)c(Cl)cc1-c1nnc(C)o1. The summed E-state index contributed by atoms with van der Waals surface area (Å²) in [5, 5.41) is 8.07. The van der Waals surface area contributed by atoms with Crippen molar-refractivity contribution in [2.75, 3.05) is 12.8 Å². The van der Waals surface area contributed by atoms with Gasteiger partial charge in [-0.2, -0.15) is 0 Å². The van der Waals surface area contributed by atoms with Gasteiger partial charge in [0.25, 0.3) is 5.89 Å². The summed E-state index contributed by atoms with van der Waals surface area (Å²) in [5.41, 5.74) is 6.74. The van der Waals surface area contributed by atoms with Gasteiger partial charge in [-0.05, 0) is 6.07 Å². The van der Waals surface area contributed by atoms with Crippen LogP contribution >= 0.6 is 11.6 Å². The number of halogens is 1. The lowest BCUT2D eigenvalue weighted by molar-refractivity contribution is 0.414. The first-order chi connectivity index (χ1) is 7.61. The number of anilines is 1. The van der Waals surface area contributed by atoms with E-state index in [4.69, 9.17) is 26.5 Å². The van der Waals surface area contributed by atoms with E-state index in [1.807, 2.05) is 0 Å². The van der Waals surface area contributed by atoms with Crippen LogP contribution in [0, 0.1) is 6.92 Å². The van der Waals surface area contributed by atoms with Crippen molar-refractivity contribution in [3.63, 3.8) is 0 Å². The molecule has 0 atom stereocenters. The lowest BCUT2D eigenvalue weighted by Gasteiger charge is -2.07. The van der Waals surface area contributed by atoms with Gasteiger partial charge in [0.05, 0.1) is 23.4 Å². The van der Waals surface area contributed by atoms with Crippen LogP contribution in [0.1, 0.15) is 5.89 Å². The zero-order chi connectivity index (χ0) is 11.7. The normalized spacial score (nSPS) is 10.4. The molecule has 0 amide bonds. The third kappa shape index (κ3) is 1.81. The van der Waals surface area contributed by atoms with Crippen molar-refractivity contribution in [2.45, 2.75) is 6.92 Å². The molecule has 0 fully saturated rings. The molecular formula is C10H10ClN3O2. The van der Waals surface area contributed by atoms with Crippen molar-refractivity contribution in [3.8, 4) is 17.2 Å². The number of hydrogen-bond donors (Lipinski definition) is 1. The molecule has 2 N–H and O–H groups in total. The number of aryl methyl sites for hydroxylation is 1. The first-order valence-electron chi connectivity index (χ1n) is 4.55. The molecule has 0 saturated heterocycles. The molecule has 0 saturated carbocycles. The molecule has 2 aromatic rings. The predicted molar refractivity (Wildman–Crippen MR) is 60.4 cm³/mol. The van der Waals surface area contributed by atoms with Gasteiger partial charge in [0.15, 0.2) is 0 Å². The number of nitrogens with zero attached hydrogens (tertiary/aromatic N) is 2. The van der Waals surface area contributed by atoms with E-state index in [2.05, 4.69) is 10.2 Å². The molecule has 0 aliphatic heterocycles. The molecule has 0 bridgehead atoms. The van der Waals surface area contributed by atoms with Gasteiger partial charge in [0.1, 0.15) is 5.75 Å². The van der Waals surface area contributed by atoms with Crippen LogP contribution in [0.3, 0.4) is 0 Å². The fourth-order valence-electron chi connectivity index (χ4n) is 1.31. The van der Waals surface area contributed by atoms with Crippen LogP contribution in [-0.4, -0.2) is 17.3 Å². The number of methoxy groups -OCH3 is 1. The quantitative estimate of drug-likeness (QED) is 0.814. The van der Waals surface area contributed by atoms with Gasteiger partial charge in [-0.15, -0.1) is 10.2 Å². The summed E-state index contributed by atoms with van der Waals surface area (Å²) >= 11 is 5.93. The highest BCUT2D eigenvalue weighted by Gasteiger charge is 2.14. The largest absolute Gasteiger partial charge is 0.496 e. The number of nitrogens with two attached hydrogens (primary N) is 1. The highest BCUT2D eigenvalue weighted by molar-refractivity contribution is 6.33. The van der Waals surface area contributed by atoms with Crippen molar-refractivity contribution >= 4 is 17.3 Å². The molecule has 0 aliphatic carbocycles. The molecule has 6 heteroatoms. The highest BCUT2D eigenvalue weighted by atomic mass is 35.5. The van der Waals surface area contributed by atoms with Crippen LogP contribution in [0.4, 0.5) is 5.69 Å². The van der Waals surface area contributed by atoms with Crippen molar-refractivity contribution in [2.24, 2.45) is 0 Å². The highest BCUT2D eigenvalue weighted by Crippen LogP contribution is 2.35. The standard InChI is InChI=1S/C10H10ClN3O2/c1-5-13-14-10(16-5)6-3-7(11)8(12)4-9(6)15-2/h3-4H,12H2,1-2H3. The fourth-order valence-corrected chi connectivity index (χ4v) is 1.47. The molecule has 0 spiro atoms. The summed E-state index contributed by atoms with van der Waals surface area (Å²) in [6.45, 7) is 1.71. The molecule has 84 valence electrons. The molecular weight excluding hydrogens is 230 g/mol. The average Bonchev–Trinajstić information content (AvgIpc) is 2.68. The van der Waals surface area contributed by atoms with E-state index >= 15 is 0 Å². The molecule has 0 aliphatic rings. The zero-order valence-corrected chi connectivity index (χ0v) is 9.58. The molecule has 1 aromatic carbocycles. The van der Waals surface area contributed by atoms with Crippen molar-refractivity contribution in [1.29, 1.82) is 0 Å². The van der Waals surface area contributed by atoms with Crippen LogP contribution in [0.25, 0.3) is 11.5 Å². The van der Waals surface area contributed by atoms with Crippen molar-refractivity contribution in [3.05, 3.63) is 23.0 Å². The number of nitrogen functional groups attached to an aromatic ring is 1. The molecule has 0 unspecified atom stereocenters. The minimum Gasteiger partial charge on any atom is -0.496 e. The minimum absolute atomic E-state index is 0.358. The van der Waals surface area contributed by atoms with Crippen LogP contribution in [-0.2, 0) is 0 Å². The summed E-state index contributed by atoms with van der Waals surface area (Å²) in [4.78, 5) is 0. The second-order valence-corrected chi connectivity index (χ2v) is 3.61. The molecule has 2 rings (SSSR count). The molecule has 1 aromatic heterocycles. The Morgan fingerprint density at radius 2 is 2.12 bits per heavy atom.